The molecule has 3 atom stereocenters. The lowest BCUT2D eigenvalue weighted by Gasteiger charge is -2.46. The van der Waals surface area contributed by atoms with E-state index in [2.05, 4.69) is 0 Å². The maximum absolute atomic E-state index is 11.0. The van der Waals surface area contributed by atoms with Crippen molar-refractivity contribution in [1.82, 2.24) is 9.47 Å². The van der Waals surface area contributed by atoms with E-state index in [-0.39, 0.29) is 11.3 Å². The number of aliphatic hydroxyl groups excluding tert-OH is 1. The maximum atomic E-state index is 11.0. The molecule has 0 bridgehead atoms. The van der Waals surface area contributed by atoms with Gasteiger partial charge in [-0.25, -0.2) is 4.79 Å². The Hall–Kier alpha value is -1.51. The van der Waals surface area contributed by atoms with Crippen molar-refractivity contribution in [2.24, 2.45) is 5.92 Å². The molecule has 1 aromatic rings. The summed E-state index contributed by atoms with van der Waals surface area (Å²) in [5.41, 5.74) is 0. The van der Waals surface area contributed by atoms with Crippen LogP contribution in [0.2, 0.25) is 0 Å². The summed E-state index contributed by atoms with van der Waals surface area (Å²) in [5.74, 6) is 0.181. The van der Waals surface area contributed by atoms with Crippen molar-refractivity contribution in [3.63, 3.8) is 0 Å². The van der Waals surface area contributed by atoms with Crippen LogP contribution in [0.1, 0.15) is 19.8 Å². The van der Waals surface area contributed by atoms with Crippen molar-refractivity contribution in [2.45, 2.75) is 37.8 Å². The molecule has 2 aliphatic rings. The fraction of sp³-hybridized carbons (Fsp3) is 0.467. The second-order valence-corrected chi connectivity index (χ2v) is 7.11. The third kappa shape index (κ3) is 2.98. The van der Waals surface area contributed by atoms with Crippen molar-refractivity contribution >= 4 is 35.1 Å². The Morgan fingerprint density at radius 2 is 2.17 bits per heavy atom. The molecule has 3 rings (SSSR count). The molecule has 8 heteroatoms. The van der Waals surface area contributed by atoms with Crippen LogP contribution in [0.15, 0.2) is 35.3 Å². The first-order valence-electron chi connectivity index (χ1n) is 7.45. The number of thiocarbonyl (C=S) groups is 1. The van der Waals surface area contributed by atoms with E-state index in [0.717, 1.165) is 11.4 Å². The summed E-state index contributed by atoms with van der Waals surface area (Å²) in [6.07, 6.45) is 3.34. The lowest BCUT2D eigenvalue weighted by atomic mass is 9.91. The van der Waals surface area contributed by atoms with Crippen LogP contribution >= 0.6 is 24.0 Å². The average Bonchev–Trinajstić information content (AvgIpc) is 3.11. The number of hydrogen-bond acceptors (Lipinski definition) is 5. The Balaban J connectivity index is 1.77. The van der Waals surface area contributed by atoms with Gasteiger partial charge in [0.2, 0.25) is 5.88 Å². The smallest absolute Gasteiger partial charge is 0.449 e. The van der Waals surface area contributed by atoms with E-state index in [9.17, 15) is 9.90 Å². The zero-order valence-electron chi connectivity index (χ0n) is 12.6. The predicted octanol–water partition coefficient (Wildman–Crippen LogP) is 2.84. The summed E-state index contributed by atoms with van der Waals surface area (Å²) >= 11 is 6.92. The Kier molecular flexibility index (Phi) is 4.65. The molecule has 2 aliphatic heterocycles. The molecule has 0 aliphatic carbocycles. The lowest BCUT2D eigenvalue weighted by Crippen LogP contribution is -2.59. The Morgan fingerprint density at radius 3 is 2.78 bits per heavy atom. The molecule has 0 saturated carbocycles. The number of thioether (sulfide) groups is 1. The second-order valence-electron chi connectivity index (χ2n) is 5.49. The zero-order valence-corrected chi connectivity index (χ0v) is 14.2. The number of hydrogen-bond donors (Lipinski definition) is 2. The number of aliphatic hydroxyl groups is 1. The van der Waals surface area contributed by atoms with Crippen LogP contribution in [0.25, 0.3) is 0 Å². The Labute approximate surface area is 143 Å². The highest BCUT2D eigenvalue weighted by Crippen LogP contribution is 2.52. The Morgan fingerprint density at radius 1 is 1.48 bits per heavy atom. The van der Waals surface area contributed by atoms with Crippen LogP contribution in [-0.4, -0.2) is 42.3 Å². The highest BCUT2D eigenvalue weighted by atomic mass is 32.2. The summed E-state index contributed by atoms with van der Waals surface area (Å²) in [6, 6.07) is 3.89. The number of allylic oxidation sites excluding steroid dienone is 1. The largest absolute Gasteiger partial charge is 0.512 e. The first-order valence-corrected chi connectivity index (χ1v) is 8.74. The van der Waals surface area contributed by atoms with Crippen LogP contribution in [0, 0.1) is 5.92 Å². The van der Waals surface area contributed by atoms with Crippen molar-refractivity contribution in [3.8, 4) is 0 Å². The van der Waals surface area contributed by atoms with E-state index in [1.54, 1.807) is 16.7 Å². The second kappa shape index (κ2) is 6.54. The number of fused-ring (bicyclic) bond motifs is 1. The van der Waals surface area contributed by atoms with Gasteiger partial charge in [0.05, 0.1) is 22.4 Å². The minimum absolute atomic E-state index is 0.0635. The summed E-state index contributed by atoms with van der Waals surface area (Å²) in [5, 5.41) is 19.0. The van der Waals surface area contributed by atoms with Crippen molar-refractivity contribution < 1.29 is 19.7 Å². The summed E-state index contributed by atoms with van der Waals surface area (Å²) in [4.78, 5) is 14.1. The lowest BCUT2D eigenvalue weighted by molar-refractivity contribution is 0.0574. The molecule has 0 spiro atoms. The molecule has 124 valence electrons. The average molecular weight is 354 g/mol. The number of rotatable bonds is 6. The molecule has 0 radical (unpaired) electrons. The first kappa shape index (κ1) is 16.4. The number of carboxylic acid groups (broad SMARTS) is 1. The van der Waals surface area contributed by atoms with E-state index in [4.69, 9.17) is 22.1 Å². The SMILES string of the molecule is CC[C@H](O)[C@H]1C(=S)N2C(OC(=O)O)=C(CCn3cccc3)S[C@H]12. The van der Waals surface area contributed by atoms with Crippen molar-refractivity contribution in [1.29, 1.82) is 0 Å². The van der Waals surface area contributed by atoms with Crippen LogP contribution in [0.4, 0.5) is 4.79 Å². The summed E-state index contributed by atoms with van der Waals surface area (Å²) in [6.45, 7) is 2.64. The van der Waals surface area contributed by atoms with Gasteiger partial charge in [0.25, 0.3) is 0 Å². The molecule has 23 heavy (non-hydrogen) atoms. The predicted molar refractivity (Wildman–Crippen MR) is 90.8 cm³/mol. The highest BCUT2D eigenvalue weighted by Gasteiger charge is 2.55. The van der Waals surface area contributed by atoms with E-state index < -0.39 is 12.3 Å². The summed E-state index contributed by atoms with van der Waals surface area (Å²) in [7, 11) is 0. The van der Waals surface area contributed by atoms with Crippen LogP contribution in [0.3, 0.4) is 0 Å². The minimum Gasteiger partial charge on any atom is -0.449 e. The summed E-state index contributed by atoms with van der Waals surface area (Å²) < 4.78 is 7.01. The molecular weight excluding hydrogens is 336 g/mol. The minimum atomic E-state index is -1.35. The van der Waals surface area contributed by atoms with Crippen LogP contribution < -0.4 is 0 Å². The maximum Gasteiger partial charge on any atom is 0.512 e. The van der Waals surface area contributed by atoms with Gasteiger partial charge in [-0.1, -0.05) is 30.9 Å². The number of ether oxygens (including phenoxy) is 1. The van der Waals surface area contributed by atoms with E-state index in [1.165, 1.54) is 0 Å². The first-order chi connectivity index (χ1) is 11.0. The van der Waals surface area contributed by atoms with Gasteiger partial charge in [0.15, 0.2) is 0 Å². The van der Waals surface area contributed by atoms with Gasteiger partial charge in [-0.15, -0.1) is 0 Å². The number of carbonyl (C=O) groups is 1. The van der Waals surface area contributed by atoms with Gasteiger partial charge in [0, 0.05) is 30.3 Å². The zero-order chi connectivity index (χ0) is 16.6. The standard InChI is InChI=1S/C15H18N2O4S2/c1-2-9(18)11-13(22)17-12(21-15(19)20)10(23-14(11)17)5-8-16-6-3-4-7-16/h3-4,6-7,9,11,14,18H,2,5,8H2,1H3,(H,19,20)/t9-,11-,14+/m0/s1. The number of aromatic nitrogens is 1. The monoisotopic (exact) mass is 354 g/mol. The van der Waals surface area contributed by atoms with Gasteiger partial charge in [-0.2, -0.15) is 0 Å². The molecule has 1 aromatic heterocycles. The van der Waals surface area contributed by atoms with Crippen molar-refractivity contribution in [3.05, 3.63) is 35.3 Å². The van der Waals surface area contributed by atoms with E-state index >= 15 is 0 Å². The molecule has 1 saturated heterocycles. The quantitative estimate of drug-likeness (QED) is 0.601. The van der Waals surface area contributed by atoms with Crippen molar-refractivity contribution in [2.75, 3.05) is 0 Å². The molecule has 0 aromatic carbocycles. The highest BCUT2D eigenvalue weighted by molar-refractivity contribution is 8.04. The van der Waals surface area contributed by atoms with E-state index in [1.807, 2.05) is 36.0 Å². The topological polar surface area (TPSA) is 74.9 Å². The Bertz CT molecular complexity index is 644. The molecule has 0 amide bonds. The van der Waals surface area contributed by atoms with Gasteiger partial charge < -0.3 is 19.5 Å². The van der Waals surface area contributed by atoms with Gasteiger partial charge in [0.1, 0.15) is 0 Å². The molecule has 1 fully saturated rings. The number of aryl methyl sites for hydroxylation is 1. The number of nitrogens with zero attached hydrogens (tertiary/aromatic N) is 2. The molecule has 3 heterocycles. The molecule has 0 unspecified atom stereocenters. The van der Waals surface area contributed by atoms with Crippen LogP contribution in [0.5, 0.6) is 0 Å². The van der Waals surface area contributed by atoms with Gasteiger partial charge >= 0.3 is 6.16 Å². The third-order valence-corrected chi connectivity index (χ3v) is 5.96. The molecule has 6 nitrogen and oxygen atoms in total. The molecule has 2 N–H and O–H groups in total. The van der Waals surface area contributed by atoms with E-state index in [0.29, 0.717) is 23.7 Å². The van der Waals surface area contributed by atoms with Gasteiger partial charge in [-0.3, -0.25) is 4.90 Å². The fourth-order valence-electron chi connectivity index (χ4n) is 2.87. The van der Waals surface area contributed by atoms with Gasteiger partial charge in [-0.05, 0) is 18.6 Å². The third-order valence-electron chi connectivity index (χ3n) is 4.08. The normalized spacial score (nSPS) is 24.4. The fourth-order valence-corrected chi connectivity index (χ4v) is 5.02. The molecular formula is C15H18N2O4S2. The van der Waals surface area contributed by atoms with Crippen LogP contribution in [-0.2, 0) is 11.3 Å².